The molecule has 20 heavy (non-hydrogen) atoms. The quantitative estimate of drug-likeness (QED) is 0.569. The lowest BCUT2D eigenvalue weighted by molar-refractivity contribution is 0.391. The van der Waals surface area contributed by atoms with E-state index >= 15 is 0 Å². The first kappa shape index (κ1) is 17.5. The van der Waals surface area contributed by atoms with Crippen molar-refractivity contribution in [2.75, 3.05) is 13.7 Å². The zero-order valence-corrected chi connectivity index (χ0v) is 14.6. The van der Waals surface area contributed by atoms with Crippen LogP contribution in [0.2, 0.25) is 0 Å². The fourth-order valence-corrected chi connectivity index (χ4v) is 2.82. The summed E-state index contributed by atoms with van der Waals surface area (Å²) in [6.07, 6.45) is 7.53. The van der Waals surface area contributed by atoms with Gasteiger partial charge in [0.1, 0.15) is 5.75 Å². The lowest BCUT2D eigenvalue weighted by Crippen LogP contribution is -2.22. The van der Waals surface area contributed by atoms with E-state index in [1.54, 1.807) is 7.11 Å². The summed E-state index contributed by atoms with van der Waals surface area (Å²) in [6.45, 7) is 5.51. The minimum atomic E-state index is 0.388. The van der Waals surface area contributed by atoms with E-state index in [2.05, 4.69) is 41.2 Å². The number of nitrogens with one attached hydrogen (secondary N) is 1. The van der Waals surface area contributed by atoms with Crippen molar-refractivity contribution in [3.8, 4) is 5.75 Å². The topological polar surface area (TPSA) is 21.3 Å². The van der Waals surface area contributed by atoms with E-state index in [1.165, 1.54) is 37.7 Å². The molecule has 0 saturated heterocycles. The molecule has 114 valence electrons. The second kappa shape index (κ2) is 10.2. The molecule has 0 radical (unpaired) electrons. The Labute approximate surface area is 132 Å². The zero-order chi connectivity index (χ0) is 14.8. The summed E-state index contributed by atoms with van der Waals surface area (Å²) in [7, 11) is 1.75. The number of unbranched alkanes of at least 4 members (excludes halogenated alkanes) is 3. The summed E-state index contributed by atoms with van der Waals surface area (Å²) in [4.78, 5) is 0. The van der Waals surface area contributed by atoms with Gasteiger partial charge in [-0.3, -0.25) is 0 Å². The van der Waals surface area contributed by atoms with E-state index in [4.69, 9.17) is 4.74 Å². The highest BCUT2D eigenvalue weighted by molar-refractivity contribution is 9.10. The van der Waals surface area contributed by atoms with Crippen molar-refractivity contribution >= 4 is 15.9 Å². The molecule has 0 saturated carbocycles. The Kier molecular flexibility index (Phi) is 8.95. The number of hydrogen-bond acceptors (Lipinski definition) is 2. The molecule has 2 nitrogen and oxygen atoms in total. The van der Waals surface area contributed by atoms with Gasteiger partial charge in [-0.1, -0.05) is 55.5 Å². The summed E-state index contributed by atoms with van der Waals surface area (Å²) in [5, 5.41) is 3.66. The molecule has 0 fully saturated rings. The molecule has 1 N–H and O–H groups in total. The fourth-order valence-electron chi connectivity index (χ4n) is 2.44. The Morgan fingerprint density at radius 1 is 1.15 bits per heavy atom. The van der Waals surface area contributed by atoms with Crippen LogP contribution in [0.1, 0.15) is 64.0 Å². The van der Waals surface area contributed by atoms with Gasteiger partial charge in [0.2, 0.25) is 0 Å². The maximum absolute atomic E-state index is 5.53. The predicted molar refractivity (Wildman–Crippen MR) is 90.5 cm³/mol. The SMILES string of the molecule is CCCCCCC(NCCC)c1cc(Br)ccc1OC. The van der Waals surface area contributed by atoms with Crippen LogP contribution in [0, 0.1) is 0 Å². The molecular weight excluding hydrogens is 314 g/mol. The van der Waals surface area contributed by atoms with E-state index in [0.717, 1.165) is 23.2 Å². The third-order valence-corrected chi connectivity index (χ3v) is 4.05. The number of methoxy groups -OCH3 is 1. The van der Waals surface area contributed by atoms with Crippen LogP contribution in [0.15, 0.2) is 22.7 Å². The Morgan fingerprint density at radius 3 is 2.60 bits per heavy atom. The molecule has 1 unspecified atom stereocenters. The monoisotopic (exact) mass is 341 g/mol. The summed E-state index contributed by atoms with van der Waals surface area (Å²) < 4.78 is 6.64. The molecule has 1 aromatic carbocycles. The van der Waals surface area contributed by atoms with Crippen molar-refractivity contribution in [3.63, 3.8) is 0 Å². The normalized spacial score (nSPS) is 12.4. The maximum atomic E-state index is 5.53. The van der Waals surface area contributed by atoms with Crippen LogP contribution in [0.3, 0.4) is 0 Å². The van der Waals surface area contributed by atoms with Gasteiger partial charge in [-0.05, 0) is 37.6 Å². The van der Waals surface area contributed by atoms with Crippen molar-refractivity contribution in [2.45, 2.75) is 58.4 Å². The summed E-state index contributed by atoms with van der Waals surface area (Å²) in [5.74, 6) is 0.984. The summed E-state index contributed by atoms with van der Waals surface area (Å²) >= 11 is 3.57. The molecule has 1 rings (SSSR count). The molecule has 0 spiro atoms. The smallest absolute Gasteiger partial charge is 0.123 e. The molecule has 1 aromatic rings. The molecular formula is C17H28BrNO. The van der Waals surface area contributed by atoms with Crippen LogP contribution in [0.25, 0.3) is 0 Å². The Balaban J connectivity index is 2.77. The number of ether oxygens (including phenoxy) is 1. The third-order valence-electron chi connectivity index (χ3n) is 3.55. The Bertz CT molecular complexity index is 381. The first-order chi connectivity index (χ1) is 9.72. The minimum absolute atomic E-state index is 0.388. The highest BCUT2D eigenvalue weighted by Crippen LogP contribution is 2.31. The van der Waals surface area contributed by atoms with Crippen LogP contribution in [0.5, 0.6) is 5.75 Å². The molecule has 1 atom stereocenters. The van der Waals surface area contributed by atoms with Gasteiger partial charge in [0.25, 0.3) is 0 Å². The van der Waals surface area contributed by atoms with E-state index in [-0.39, 0.29) is 0 Å². The van der Waals surface area contributed by atoms with E-state index < -0.39 is 0 Å². The van der Waals surface area contributed by atoms with Gasteiger partial charge in [-0.15, -0.1) is 0 Å². The molecule has 0 bridgehead atoms. The molecule has 0 heterocycles. The second-order valence-corrected chi connectivity index (χ2v) is 6.16. The lowest BCUT2D eigenvalue weighted by Gasteiger charge is -2.21. The highest BCUT2D eigenvalue weighted by Gasteiger charge is 2.15. The van der Waals surface area contributed by atoms with Crippen LogP contribution >= 0.6 is 15.9 Å². The van der Waals surface area contributed by atoms with Crippen molar-refractivity contribution in [1.29, 1.82) is 0 Å². The zero-order valence-electron chi connectivity index (χ0n) is 13.0. The van der Waals surface area contributed by atoms with Crippen molar-refractivity contribution in [3.05, 3.63) is 28.2 Å². The first-order valence-corrected chi connectivity index (χ1v) is 8.59. The average Bonchev–Trinajstić information content (AvgIpc) is 2.46. The molecule has 0 aliphatic rings. The fraction of sp³-hybridized carbons (Fsp3) is 0.647. The number of benzene rings is 1. The van der Waals surface area contributed by atoms with Gasteiger partial charge < -0.3 is 10.1 Å². The van der Waals surface area contributed by atoms with Gasteiger partial charge in [0.15, 0.2) is 0 Å². The average molecular weight is 342 g/mol. The molecule has 3 heteroatoms. The maximum Gasteiger partial charge on any atom is 0.123 e. The summed E-state index contributed by atoms with van der Waals surface area (Å²) in [6, 6.07) is 6.66. The van der Waals surface area contributed by atoms with E-state index in [1.807, 2.05) is 12.1 Å². The predicted octanol–water partition coefficient (Wildman–Crippen LogP) is 5.47. The van der Waals surface area contributed by atoms with Crippen molar-refractivity contribution in [2.24, 2.45) is 0 Å². The minimum Gasteiger partial charge on any atom is -0.496 e. The second-order valence-electron chi connectivity index (χ2n) is 5.24. The Morgan fingerprint density at radius 2 is 1.95 bits per heavy atom. The van der Waals surface area contributed by atoms with Crippen LogP contribution in [0.4, 0.5) is 0 Å². The Hall–Kier alpha value is -0.540. The molecule has 0 aliphatic heterocycles. The van der Waals surface area contributed by atoms with Gasteiger partial charge >= 0.3 is 0 Å². The largest absolute Gasteiger partial charge is 0.496 e. The van der Waals surface area contributed by atoms with E-state index in [9.17, 15) is 0 Å². The highest BCUT2D eigenvalue weighted by atomic mass is 79.9. The number of rotatable bonds is 10. The van der Waals surface area contributed by atoms with Crippen LogP contribution in [-0.4, -0.2) is 13.7 Å². The number of hydrogen-bond donors (Lipinski definition) is 1. The van der Waals surface area contributed by atoms with E-state index in [0.29, 0.717) is 6.04 Å². The summed E-state index contributed by atoms with van der Waals surface area (Å²) in [5.41, 5.74) is 1.27. The van der Waals surface area contributed by atoms with Gasteiger partial charge in [-0.2, -0.15) is 0 Å². The first-order valence-electron chi connectivity index (χ1n) is 7.79. The lowest BCUT2D eigenvalue weighted by atomic mass is 9.99. The molecule has 0 aliphatic carbocycles. The third kappa shape index (κ3) is 5.84. The van der Waals surface area contributed by atoms with Gasteiger partial charge in [0.05, 0.1) is 7.11 Å². The van der Waals surface area contributed by atoms with Gasteiger partial charge in [0, 0.05) is 16.1 Å². The van der Waals surface area contributed by atoms with Crippen molar-refractivity contribution < 1.29 is 4.74 Å². The van der Waals surface area contributed by atoms with Crippen LogP contribution < -0.4 is 10.1 Å². The van der Waals surface area contributed by atoms with Crippen LogP contribution in [-0.2, 0) is 0 Å². The number of halogens is 1. The van der Waals surface area contributed by atoms with Gasteiger partial charge in [-0.25, -0.2) is 0 Å². The molecule has 0 aromatic heterocycles. The van der Waals surface area contributed by atoms with Crippen molar-refractivity contribution in [1.82, 2.24) is 5.32 Å². The molecule has 0 amide bonds. The standard InChI is InChI=1S/C17H28BrNO/c1-4-6-7-8-9-16(19-12-5-2)15-13-14(18)10-11-17(15)20-3/h10-11,13,16,19H,4-9,12H2,1-3H3.